The van der Waals surface area contributed by atoms with Crippen molar-refractivity contribution >= 4 is 22.8 Å². The molecule has 1 aliphatic heterocycles. The summed E-state index contributed by atoms with van der Waals surface area (Å²) in [5.74, 6) is 0.665. The summed E-state index contributed by atoms with van der Waals surface area (Å²) in [7, 11) is 0. The number of amides is 2. The number of pyridine rings is 2. The van der Waals surface area contributed by atoms with E-state index in [2.05, 4.69) is 15.3 Å². The number of piperidine rings is 1. The van der Waals surface area contributed by atoms with Crippen LogP contribution in [0.2, 0.25) is 0 Å². The highest BCUT2D eigenvalue weighted by molar-refractivity contribution is 5.96. The molecule has 5 rings (SSSR count). The van der Waals surface area contributed by atoms with Crippen molar-refractivity contribution in [2.75, 3.05) is 19.6 Å². The average molecular weight is 404 g/mol. The van der Waals surface area contributed by atoms with Crippen LogP contribution in [0.25, 0.3) is 11.0 Å². The molecule has 7 heteroatoms. The van der Waals surface area contributed by atoms with Crippen molar-refractivity contribution in [2.45, 2.75) is 26.2 Å². The van der Waals surface area contributed by atoms with Gasteiger partial charge in [-0.2, -0.15) is 0 Å². The van der Waals surface area contributed by atoms with E-state index in [0.29, 0.717) is 29.4 Å². The fourth-order valence-corrected chi connectivity index (χ4v) is 4.67. The van der Waals surface area contributed by atoms with Gasteiger partial charge in [0.15, 0.2) is 11.3 Å². The van der Waals surface area contributed by atoms with E-state index in [4.69, 9.17) is 4.42 Å². The lowest BCUT2D eigenvalue weighted by Crippen LogP contribution is -2.40. The summed E-state index contributed by atoms with van der Waals surface area (Å²) in [6, 6.07) is 7.23. The van der Waals surface area contributed by atoms with Crippen LogP contribution in [0.4, 0.5) is 0 Å². The number of aryl methyl sites for hydroxylation is 1. The number of carbonyl (C=O) groups excluding carboxylic acids is 2. The van der Waals surface area contributed by atoms with Crippen LogP contribution < -0.4 is 5.32 Å². The van der Waals surface area contributed by atoms with E-state index in [1.54, 1.807) is 24.7 Å². The van der Waals surface area contributed by atoms with Gasteiger partial charge in [0.2, 0.25) is 0 Å². The Labute approximate surface area is 174 Å². The van der Waals surface area contributed by atoms with Crippen LogP contribution in [0.1, 0.15) is 45.9 Å². The maximum atomic E-state index is 12.8. The van der Waals surface area contributed by atoms with Crippen LogP contribution in [-0.2, 0) is 0 Å². The monoisotopic (exact) mass is 404 g/mol. The number of fused-ring (bicyclic) bond motifs is 1. The summed E-state index contributed by atoms with van der Waals surface area (Å²) in [4.78, 5) is 35.4. The Hall–Kier alpha value is -3.22. The Bertz CT molecular complexity index is 1080. The third-order valence-electron chi connectivity index (χ3n) is 6.70. The summed E-state index contributed by atoms with van der Waals surface area (Å²) in [5, 5.41) is 3.89. The normalized spacial score (nSPS) is 19.8. The van der Waals surface area contributed by atoms with Crippen molar-refractivity contribution in [3.8, 4) is 0 Å². The molecule has 1 atom stereocenters. The zero-order valence-corrected chi connectivity index (χ0v) is 16.9. The lowest BCUT2D eigenvalue weighted by Gasteiger charge is -2.33. The molecule has 3 aromatic rings. The maximum Gasteiger partial charge on any atom is 0.287 e. The Morgan fingerprint density at radius 2 is 2.10 bits per heavy atom. The minimum Gasteiger partial charge on any atom is -0.449 e. The number of aromatic nitrogens is 2. The van der Waals surface area contributed by atoms with Crippen molar-refractivity contribution in [1.82, 2.24) is 20.2 Å². The molecule has 1 saturated heterocycles. The molecular weight excluding hydrogens is 380 g/mol. The first-order valence-electron chi connectivity index (χ1n) is 10.4. The zero-order valence-electron chi connectivity index (χ0n) is 16.9. The molecule has 0 bridgehead atoms. The molecule has 7 nitrogen and oxygen atoms in total. The highest BCUT2D eigenvalue weighted by atomic mass is 16.3. The Kier molecular flexibility index (Phi) is 4.53. The fraction of sp³-hybridized carbons (Fsp3) is 0.391. The SMILES string of the molecule is Cc1ncccc1C(=O)N1CCC2(CC1)CC2CNC(=O)c1cc2ccncc2o1. The molecule has 4 heterocycles. The molecular formula is C23H24N4O3. The third-order valence-corrected chi connectivity index (χ3v) is 6.70. The average Bonchev–Trinajstić information content (AvgIpc) is 3.24. The van der Waals surface area contributed by atoms with E-state index >= 15 is 0 Å². The molecule has 3 aromatic heterocycles. The van der Waals surface area contributed by atoms with Gasteiger partial charge in [-0.25, -0.2) is 0 Å². The lowest BCUT2D eigenvalue weighted by molar-refractivity contribution is 0.0667. The number of hydrogen-bond donors (Lipinski definition) is 1. The van der Waals surface area contributed by atoms with E-state index in [1.807, 2.05) is 30.0 Å². The van der Waals surface area contributed by atoms with Gasteiger partial charge in [-0.05, 0) is 61.8 Å². The fourth-order valence-electron chi connectivity index (χ4n) is 4.67. The smallest absolute Gasteiger partial charge is 0.287 e. The molecule has 2 aliphatic rings. The van der Waals surface area contributed by atoms with E-state index in [9.17, 15) is 9.59 Å². The van der Waals surface area contributed by atoms with Crippen molar-refractivity contribution in [3.63, 3.8) is 0 Å². The largest absolute Gasteiger partial charge is 0.449 e. The second kappa shape index (κ2) is 7.23. The summed E-state index contributed by atoms with van der Waals surface area (Å²) in [5.41, 5.74) is 2.34. The first-order chi connectivity index (χ1) is 14.6. The molecule has 1 spiro atoms. The van der Waals surface area contributed by atoms with Gasteiger partial charge in [0.1, 0.15) is 0 Å². The molecule has 0 radical (unpaired) electrons. The van der Waals surface area contributed by atoms with Crippen LogP contribution >= 0.6 is 0 Å². The zero-order chi connectivity index (χ0) is 20.7. The quantitative estimate of drug-likeness (QED) is 0.721. The Morgan fingerprint density at radius 3 is 2.87 bits per heavy atom. The molecule has 1 unspecified atom stereocenters. The number of nitrogens with one attached hydrogen (secondary N) is 1. The number of nitrogens with zero attached hydrogens (tertiary/aromatic N) is 3. The molecule has 30 heavy (non-hydrogen) atoms. The summed E-state index contributed by atoms with van der Waals surface area (Å²) in [6.07, 6.45) is 8.07. The van der Waals surface area contributed by atoms with Gasteiger partial charge in [-0.1, -0.05) is 0 Å². The van der Waals surface area contributed by atoms with Gasteiger partial charge in [0.25, 0.3) is 11.8 Å². The van der Waals surface area contributed by atoms with Crippen molar-refractivity contribution < 1.29 is 14.0 Å². The van der Waals surface area contributed by atoms with Crippen LogP contribution in [-0.4, -0.2) is 46.3 Å². The van der Waals surface area contributed by atoms with Crippen molar-refractivity contribution in [1.29, 1.82) is 0 Å². The van der Waals surface area contributed by atoms with Gasteiger partial charge < -0.3 is 14.6 Å². The third kappa shape index (κ3) is 3.34. The van der Waals surface area contributed by atoms with Crippen LogP contribution in [0.5, 0.6) is 0 Å². The predicted octanol–water partition coefficient (Wildman–Crippen LogP) is 3.20. The molecule has 1 aliphatic carbocycles. The van der Waals surface area contributed by atoms with E-state index in [-0.39, 0.29) is 17.2 Å². The van der Waals surface area contributed by atoms with E-state index in [1.165, 1.54) is 0 Å². The number of rotatable bonds is 4. The highest BCUT2D eigenvalue weighted by Gasteiger charge is 2.54. The Balaban J connectivity index is 1.14. The second-order valence-corrected chi connectivity index (χ2v) is 8.43. The van der Waals surface area contributed by atoms with Crippen LogP contribution in [0.3, 0.4) is 0 Å². The van der Waals surface area contributed by atoms with Crippen LogP contribution in [0.15, 0.2) is 47.3 Å². The topological polar surface area (TPSA) is 88.3 Å². The van der Waals surface area contributed by atoms with Gasteiger partial charge in [-0.15, -0.1) is 0 Å². The van der Waals surface area contributed by atoms with Crippen molar-refractivity contribution in [3.05, 3.63) is 59.9 Å². The maximum absolute atomic E-state index is 12.8. The molecule has 1 saturated carbocycles. The van der Waals surface area contributed by atoms with Gasteiger partial charge >= 0.3 is 0 Å². The number of hydrogen-bond acceptors (Lipinski definition) is 5. The molecule has 2 fully saturated rings. The summed E-state index contributed by atoms with van der Waals surface area (Å²) < 4.78 is 5.59. The minimum atomic E-state index is -0.187. The van der Waals surface area contributed by atoms with Crippen molar-refractivity contribution in [2.24, 2.45) is 11.3 Å². The number of furan rings is 1. The number of likely N-dealkylation sites (tertiary alicyclic amines) is 1. The second-order valence-electron chi connectivity index (χ2n) is 8.43. The predicted molar refractivity (Wildman–Crippen MR) is 111 cm³/mol. The highest BCUT2D eigenvalue weighted by Crippen LogP contribution is 2.59. The van der Waals surface area contributed by atoms with E-state index < -0.39 is 0 Å². The van der Waals surface area contributed by atoms with Gasteiger partial charge in [-0.3, -0.25) is 19.6 Å². The molecule has 154 valence electrons. The standard InChI is InChI=1S/C23H24N4O3/c1-15-18(3-2-7-25-15)22(29)27-9-5-23(6-10-27)12-17(23)13-26-21(28)19-11-16-4-8-24-14-20(16)30-19/h2-4,7-8,11,14,17H,5-6,9-10,12-13H2,1H3,(H,26,28). The Morgan fingerprint density at radius 1 is 1.27 bits per heavy atom. The molecule has 1 N–H and O–H groups in total. The summed E-state index contributed by atoms with van der Waals surface area (Å²) in [6.45, 7) is 4.03. The lowest BCUT2D eigenvalue weighted by atomic mass is 9.90. The van der Waals surface area contributed by atoms with Crippen LogP contribution in [0, 0.1) is 18.3 Å². The minimum absolute atomic E-state index is 0.0697. The first-order valence-corrected chi connectivity index (χ1v) is 10.4. The van der Waals surface area contributed by atoms with Gasteiger partial charge in [0, 0.05) is 43.1 Å². The number of carbonyl (C=O) groups is 2. The summed E-state index contributed by atoms with van der Waals surface area (Å²) >= 11 is 0. The molecule has 2 amide bonds. The van der Waals surface area contributed by atoms with Gasteiger partial charge in [0.05, 0.1) is 11.8 Å². The van der Waals surface area contributed by atoms with E-state index in [0.717, 1.165) is 43.4 Å². The molecule has 0 aromatic carbocycles. The first kappa shape index (κ1) is 18.8.